The number of fused-ring (bicyclic) bond motifs is 2. The van der Waals surface area contributed by atoms with E-state index in [1.807, 2.05) is 12.1 Å². The first kappa shape index (κ1) is 16.3. The first-order valence-corrected chi connectivity index (χ1v) is 9.18. The monoisotopic (exact) mass is 374 g/mol. The summed E-state index contributed by atoms with van der Waals surface area (Å²) in [6, 6.07) is 7.13. The van der Waals surface area contributed by atoms with E-state index >= 15 is 0 Å². The molecule has 0 unspecified atom stereocenters. The largest absolute Gasteiger partial charge is 0.457 e. The molecule has 128 valence electrons. The van der Waals surface area contributed by atoms with Crippen LogP contribution in [0.15, 0.2) is 29.1 Å². The quantitative estimate of drug-likeness (QED) is 0.655. The van der Waals surface area contributed by atoms with Gasteiger partial charge in [-0.25, -0.2) is 9.78 Å². The van der Waals surface area contributed by atoms with Crippen LogP contribution in [0.4, 0.5) is 0 Å². The van der Waals surface area contributed by atoms with Crippen LogP contribution in [0.2, 0.25) is 5.02 Å². The average molecular weight is 375 g/mol. The van der Waals surface area contributed by atoms with E-state index in [-0.39, 0.29) is 12.2 Å². The molecule has 7 heteroatoms. The average Bonchev–Trinajstić information content (AvgIpc) is 3.19. The van der Waals surface area contributed by atoms with Gasteiger partial charge in [0.2, 0.25) is 0 Å². The van der Waals surface area contributed by atoms with Crippen molar-refractivity contribution in [2.75, 3.05) is 0 Å². The first-order valence-electron chi connectivity index (χ1n) is 7.99. The molecule has 25 heavy (non-hydrogen) atoms. The Morgan fingerprint density at radius 2 is 2.12 bits per heavy atom. The lowest BCUT2D eigenvalue weighted by molar-refractivity contribution is 0.0478. The second kappa shape index (κ2) is 6.28. The summed E-state index contributed by atoms with van der Waals surface area (Å²) in [5.41, 5.74) is 1.46. The zero-order valence-corrected chi connectivity index (χ0v) is 15.1. The van der Waals surface area contributed by atoms with Crippen molar-refractivity contribution in [3.63, 3.8) is 0 Å². The molecule has 2 aromatic heterocycles. The molecule has 0 N–H and O–H groups in total. The molecule has 0 amide bonds. The number of esters is 1. The molecule has 5 nitrogen and oxygen atoms in total. The zero-order chi connectivity index (χ0) is 17.6. The van der Waals surface area contributed by atoms with Gasteiger partial charge in [0.05, 0.1) is 5.39 Å². The second-order valence-corrected chi connectivity index (χ2v) is 7.46. The topological polar surface area (TPSA) is 61.2 Å². The fraction of sp³-hybridized carbons (Fsp3) is 0.278. The van der Waals surface area contributed by atoms with Crippen molar-refractivity contribution in [3.8, 4) is 0 Å². The molecule has 3 heterocycles. The minimum absolute atomic E-state index is 0.0528. The van der Waals surface area contributed by atoms with E-state index < -0.39 is 5.97 Å². The van der Waals surface area contributed by atoms with Crippen molar-refractivity contribution in [1.29, 1.82) is 0 Å². The summed E-state index contributed by atoms with van der Waals surface area (Å²) in [5.74, 6) is 0.375. The molecular weight excluding hydrogens is 360 g/mol. The molecule has 0 saturated heterocycles. The maximum atomic E-state index is 12.7. The van der Waals surface area contributed by atoms with Gasteiger partial charge in [0.1, 0.15) is 22.1 Å². The standard InChI is InChI=1S/C18H15ClN2O3S/c1-10-14-16(20-13-3-2-8-21(13)17(14)22)25-15(10)18(23)24-9-11-4-6-12(19)7-5-11/h4-7H,2-3,8-9H2,1H3. The Hall–Kier alpha value is -2.18. The maximum absolute atomic E-state index is 12.7. The zero-order valence-electron chi connectivity index (χ0n) is 13.5. The van der Waals surface area contributed by atoms with E-state index in [1.54, 1.807) is 23.6 Å². The number of hydrogen-bond donors (Lipinski definition) is 0. The number of aryl methyl sites for hydroxylation is 2. The Labute approximate surface area is 152 Å². The molecule has 0 bridgehead atoms. The predicted octanol–water partition coefficient (Wildman–Crippen LogP) is 3.72. The lowest BCUT2D eigenvalue weighted by Crippen LogP contribution is -2.20. The van der Waals surface area contributed by atoms with Gasteiger partial charge in [-0.2, -0.15) is 0 Å². The summed E-state index contributed by atoms with van der Waals surface area (Å²) < 4.78 is 7.11. The van der Waals surface area contributed by atoms with Crippen molar-refractivity contribution in [1.82, 2.24) is 9.55 Å². The van der Waals surface area contributed by atoms with E-state index in [2.05, 4.69) is 4.98 Å². The van der Waals surface area contributed by atoms with Crippen molar-refractivity contribution < 1.29 is 9.53 Å². The third-order valence-electron chi connectivity index (χ3n) is 4.38. The van der Waals surface area contributed by atoms with Gasteiger partial charge in [0.15, 0.2) is 0 Å². The molecule has 0 radical (unpaired) electrons. The molecule has 0 spiro atoms. The Morgan fingerprint density at radius 3 is 2.88 bits per heavy atom. The second-order valence-electron chi connectivity index (χ2n) is 6.03. The Bertz CT molecular complexity index is 1040. The molecule has 0 saturated carbocycles. The highest BCUT2D eigenvalue weighted by atomic mass is 35.5. The Kier molecular flexibility index (Phi) is 4.09. The van der Waals surface area contributed by atoms with E-state index in [0.717, 1.165) is 24.2 Å². The lowest BCUT2D eigenvalue weighted by atomic mass is 10.2. The molecule has 0 atom stereocenters. The third kappa shape index (κ3) is 2.85. The summed E-state index contributed by atoms with van der Waals surface area (Å²) >= 11 is 7.08. The van der Waals surface area contributed by atoms with Crippen molar-refractivity contribution in [2.24, 2.45) is 0 Å². The minimum Gasteiger partial charge on any atom is -0.457 e. The molecule has 4 rings (SSSR count). The number of ether oxygens (including phenoxy) is 1. The number of rotatable bonds is 3. The van der Waals surface area contributed by atoms with E-state index in [1.165, 1.54) is 11.3 Å². The van der Waals surface area contributed by atoms with Gasteiger partial charge in [-0.1, -0.05) is 23.7 Å². The minimum atomic E-state index is -0.431. The van der Waals surface area contributed by atoms with Crippen molar-refractivity contribution >= 4 is 39.1 Å². The van der Waals surface area contributed by atoms with Gasteiger partial charge >= 0.3 is 5.97 Å². The maximum Gasteiger partial charge on any atom is 0.349 e. The summed E-state index contributed by atoms with van der Waals surface area (Å²) in [6.45, 7) is 2.64. The summed E-state index contributed by atoms with van der Waals surface area (Å²) in [4.78, 5) is 30.7. The highest BCUT2D eigenvalue weighted by Gasteiger charge is 2.23. The van der Waals surface area contributed by atoms with Gasteiger partial charge in [-0.15, -0.1) is 11.3 Å². The predicted molar refractivity (Wildman–Crippen MR) is 97.5 cm³/mol. The normalized spacial score (nSPS) is 13.2. The number of aromatic nitrogens is 2. The van der Waals surface area contributed by atoms with E-state index in [9.17, 15) is 9.59 Å². The molecule has 0 fully saturated rings. The highest BCUT2D eigenvalue weighted by molar-refractivity contribution is 7.20. The lowest BCUT2D eigenvalue weighted by Gasteiger charge is -2.04. The number of benzene rings is 1. The Balaban J connectivity index is 1.64. The molecule has 1 aromatic carbocycles. The SMILES string of the molecule is Cc1c(C(=O)OCc2ccc(Cl)cc2)sc2nc3n(c(=O)c12)CCC3. The highest BCUT2D eigenvalue weighted by Crippen LogP contribution is 2.29. The summed E-state index contributed by atoms with van der Waals surface area (Å²) in [7, 11) is 0. The number of hydrogen-bond acceptors (Lipinski definition) is 5. The van der Waals surface area contributed by atoms with Crippen molar-refractivity contribution in [3.05, 3.63) is 61.5 Å². The van der Waals surface area contributed by atoms with Crippen LogP contribution in [0.1, 0.15) is 33.0 Å². The molecule has 0 aliphatic carbocycles. The van der Waals surface area contributed by atoms with Crippen LogP contribution in [0.25, 0.3) is 10.2 Å². The van der Waals surface area contributed by atoms with Gasteiger partial charge in [0, 0.05) is 18.0 Å². The molecule has 3 aromatic rings. The van der Waals surface area contributed by atoms with Crippen LogP contribution < -0.4 is 5.56 Å². The van der Waals surface area contributed by atoms with Gasteiger partial charge < -0.3 is 4.74 Å². The van der Waals surface area contributed by atoms with Crippen LogP contribution >= 0.6 is 22.9 Å². The smallest absolute Gasteiger partial charge is 0.349 e. The molecule has 1 aliphatic rings. The fourth-order valence-electron chi connectivity index (χ4n) is 3.07. The van der Waals surface area contributed by atoms with Gasteiger partial charge in [-0.05, 0) is 36.6 Å². The van der Waals surface area contributed by atoms with Gasteiger partial charge in [0.25, 0.3) is 5.56 Å². The fourth-order valence-corrected chi connectivity index (χ4v) is 4.28. The van der Waals surface area contributed by atoms with E-state index in [0.29, 0.717) is 32.2 Å². The van der Waals surface area contributed by atoms with E-state index in [4.69, 9.17) is 16.3 Å². The van der Waals surface area contributed by atoms with Crippen LogP contribution in [-0.4, -0.2) is 15.5 Å². The number of thiophene rings is 1. The third-order valence-corrected chi connectivity index (χ3v) is 5.80. The van der Waals surface area contributed by atoms with Crippen LogP contribution in [-0.2, 0) is 24.3 Å². The summed E-state index contributed by atoms with van der Waals surface area (Å²) in [6.07, 6.45) is 1.74. The molecular formula is C18H15ClN2O3S. The van der Waals surface area contributed by atoms with Gasteiger partial charge in [-0.3, -0.25) is 9.36 Å². The summed E-state index contributed by atoms with van der Waals surface area (Å²) in [5, 5.41) is 1.17. The number of nitrogens with zero attached hydrogens (tertiary/aromatic N) is 2. The number of halogens is 1. The molecule has 1 aliphatic heterocycles. The van der Waals surface area contributed by atoms with Crippen LogP contribution in [0, 0.1) is 6.92 Å². The number of carbonyl (C=O) groups excluding carboxylic acids is 1. The first-order chi connectivity index (χ1) is 12.0. The van der Waals surface area contributed by atoms with Crippen LogP contribution in [0.3, 0.4) is 0 Å². The number of carbonyl (C=O) groups is 1. The van der Waals surface area contributed by atoms with Crippen molar-refractivity contribution in [2.45, 2.75) is 32.9 Å². The van der Waals surface area contributed by atoms with Crippen LogP contribution in [0.5, 0.6) is 0 Å². The Morgan fingerprint density at radius 1 is 1.36 bits per heavy atom.